The molecule has 1 atom stereocenters. The standard InChI is InChI=1S/C23H29N5O3.C12H18N2.C11H19N3.6HI.2V/c1-16-6-7-18(15-25-16)20(14-21(29)30)28-13-12-27(23(28)31)11-3-5-19-9-8-17-4-2-10-24-22(17)26-19;13-7-1-3-10-5-6-11-4-2-8-14-12(11)9-10;12-7-1-3-10-5-6-11(14-9-10)4-2-8-13;;;;;;;;/h6-9,15,20H,2-5,10-14H2,1H3,(H,24,26)(H,29,30);5-6,9,14H,1-4,7-8,13H2;5-6,9H,1-4,7-8,12-13H2;6*1H;;/q;;;;;;;;;+2;+3/p-5/t20-;;;;;;;;;;/m0........../s1. The van der Waals surface area contributed by atoms with Gasteiger partial charge in [0.2, 0.25) is 0 Å². The van der Waals surface area contributed by atoms with Gasteiger partial charge in [0, 0.05) is 67.9 Å². The van der Waals surface area contributed by atoms with Crippen LogP contribution in [-0.4, -0.2) is 94.2 Å². The number of carboxylic acids is 1. The van der Waals surface area contributed by atoms with Crippen molar-refractivity contribution in [3.63, 3.8) is 0 Å². The van der Waals surface area contributed by atoms with E-state index >= 15 is 0 Å². The van der Waals surface area contributed by atoms with Crippen molar-refractivity contribution in [2.24, 2.45) is 17.2 Å². The molecule has 9 N–H and O–H groups in total. The Hall–Kier alpha value is 0.439. The van der Waals surface area contributed by atoms with Crippen molar-refractivity contribution in [2.45, 2.75) is 96.4 Å². The van der Waals surface area contributed by atoms with E-state index in [1.165, 1.54) is 40.8 Å². The number of nitrogens with zero attached hydrogens (tertiary/aromatic N) is 5. The van der Waals surface area contributed by atoms with Crippen LogP contribution in [0.1, 0.15) is 95.9 Å². The number of hydrogen-bond donors (Lipinski definition) is 6. The Labute approximate surface area is 482 Å². The predicted molar refractivity (Wildman–Crippen MR) is 322 cm³/mol. The van der Waals surface area contributed by atoms with Crippen LogP contribution in [0.5, 0.6) is 0 Å². The molecule has 1 aromatic carbocycles. The molecule has 0 radical (unpaired) electrons. The summed E-state index contributed by atoms with van der Waals surface area (Å²) in [5.41, 5.74) is 26.9. The van der Waals surface area contributed by atoms with E-state index in [-0.39, 0.29) is 41.3 Å². The molecule has 3 aromatic heterocycles. The van der Waals surface area contributed by atoms with Crippen molar-refractivity contribution >= 4 is 147 Å². The Bertz CT molecular complexity index is 1970. The van der Waals surface area contributed by atoms with Gasteiger partial charge < -0.3 is 42.7 Å². The number of carbonyl (C=O) groups is 2. The van der Waals surface area contributed by atoms with E-state index in [0.717, 1.165) is 125 Å². The molecule has 3 aliphatic heterocycles. The Morgan fingerprint density at radius 3 is 2.01 bits per heavy atom. The van der Waals surface area contributed by atoms with E-state index in [0.29, 0.717) is 29.1 Å². The Morgan fingerprint density at radius 2 is 1.39 bits per heavy atom. The normalized spacial score (nSPS) is 13.7. The second-order valence-corrected chi connectivity index (χ2v) is 63.0. The number of carboxylic acid groups (broad SMARTS) is 1. The molecule has 0 aliphatic carbocycles. The molecule has 7 rings (SSSR count). The van der Waals surface area contributed by atoms with Crippen LogP contribution in [0.25, 0.3) is 0 Å². The van der Waals surface area contributed by atoms with Gasteiger partial charge in [-0.15, -0.1) is 24.0 Å². The molecule has 0 spiro atoms. The van der Waals surface area contributed by atoms with Crippen LogP contribution in [-0.2, 0) is 57.7 Å². The van der Waals surface area contributed by atoms with Gasteiger partial charge in [0.15, 0.2) is 0 Å². The number of amides is 2. The van der Waals surface area contributed by atoms with Crippen LogP contribution < -0.4 is 27.8 Å². The number of fused-ring (bicyclic) bond motifs is 2. The van der Waals surface area contributed by atoms with Crippen LogP contribution in [0.4, 0.5) is 16.3 Å². The Kier molecular flexibility index (Phi) is 36.1. The zero-order chi connectivity index (χ0) is 48.1. The van der Waals surface area contributed by atoms with Gasteiger partial charge in [0.05, 0.1) is 12.5 Å². The molecule has 1 fully saturated rings. The zero-order valence-corrected chi connectivity index (χ0v) is 54.1. The fourth-order valence-electron chi connectivity index (χ4n) is 7.62. The first-order chi connectivity index (χ1) is 31.9. The van der Waals surface area contributed by atoms with Crippen LogP contribution >= 0.6 is 124 Å². The van der Waals surface area contributed by atoms with E-state index in [2.05, 4.69) is 163 Å². The number of aromatic nitrogens is 3. The van der Waals surface area contributed by atoms with E-state index in [1.54, 1.807) is 11.1 Å². The van der Waals surface area contributed by atoms with Crippen molar-refractivity contribution < 1.29 is 29.1 Å². The summed E-state index contributed by atoms with van der Waals surface area (Å²) in [6.45, 7) is 7.98. The van der Waals surface area contributed by atoms with Crippen molar-refractivity contribution in [3.8, 4) is 0 Å². The summed E-state index contributed by atoms with van der Waals surface area (Å²) in [5.74, 6) is 0.0688. The van der Waals surface area contributed by atoms with Gasteiger partial charge in [-0.05, 0) is 156 Å². The van der Waals surface area contributed by atoms with E-state index in [1.807, 2.05) is 30.2 Å². The minimum atomic E-state index is -0.927. The maximum atomic E-state index is 13.0. The van der Waals surface area contributed by atoms with Gasteiger partial charge in [0.25, 0.3) is 0 Å². The SMILES string of the molecule is Cc1ccc([C@H](CC(=O)O)N2CCN(CCCc3ccc4c(n3)NCCC4)C2=O)cn1.I.NCCCc1ccc(CCCN)nc1.NCCCc1ccc2c(c1)NCCC2.[I][V]([I])[I].[I][V][I]. The number of benzene rings is 1. The third-order valence-electron chi connectivity index (χ3n) is 11.0. The molecule has 1 saturated heterocycles. The minimum absolute atomic E-state index is 0. The molecular weight excluding hydrogens is 1600 g/mol. The second kappa shape index (κ2) is 38.1. The Morgan fingerprint density at radius 1 is 0.791 bits per heavy atom. The monoisotopic (exact) mass is 1670 g/mol. The molecule has 0 saturated carbocycles. The summed E-state index contributed by atoms with van der Waals surface area (Å²) in [6.07, 6.45) is 16.0. The summed E-state index contributed by atoms with van der Waals surface area (Å²) in [4.78, 5) is 41.0. The van der Waals surface area contributed by atoms with Gasteiger partial charge >= 0.3 is 126 Å². The maximum absolute atomic E-state index is 13.0. The van der Waals surface area contributed by atoms with Gasteiger partial charge in [-0.3, -0.25) is 14.8 Å². The summed E-state index contributed by atoms with van der Waals surface area (Å²) < 4.78 is 0. The Balaban J connectivity index is 0.000000356. The molecule has 371 valence electrons. The quantitative estimate of drug-likeness (QED) is 0.0550. The van der Waals surface area contributed by atoms with Gasteiger partial charge in [-0.25, -0.2) is 9.78 Å². The molecule has 6 heterocycles. The van der Waals surface area contributed by atoms with Crippen LogP contribution in [0.3, 0.4) is 0 Å². The topological polar surface area (TPSA) is 202 Å². The van der Waals surface area contributed by atoms with E-state index in [9.17, 15) is 14.7 Å². The number of anilines is 2. The predicted octanol–water partition coefficient (Wildman–Crippen LogP) is 10.9. The fourth-order valence-corrected chi connectivity index (χ4v) is 7.62. The van der Waals surface area contributed by atoms with Crippen molar-refractivity contribution in [3.05, 3.63) is 112 Å². The van der Waals surface area contributed by atoms with Crippen molar-refractivity contribution in [2.75, 3.05) is 63.0 Å². The number of halogens is 6. The van der Waals surface area contributed by atoms with Crippen LogP contribution in [0, 0.1) is 6.92 Å². The number of aliphatic carboxylic acids is 1. The molecule has 0 unspecified atom stereocenters. The first-order valence-corrected chi connectivity index (χ1v) is 45.0. The molecular formula is C46H67I6N10O3V2. The summed E-state index contributed by atoms with van der Waals surface area (Å²) in [5, 5.41) is 16.2. The summed E-state index contributed by atoms with van der Waals surface area (Å²) >= 11 is 12.1. The first kappa shape index (κ1) is 63.6. The summed E-state index contributed by atoms with van der Waals surface area (Å²) in [7, 11) is 0.628. The van der Waals surface area contributed by atoms with Crippen molar-refractivity contribution in [1.82, 2.24) is 24.8 Å². The molecule has 67 heavy (non-hydrogen) atoms. The molecule has 13 nitrogen and oxygen atoms in total. The molecule has 0 bridgehead atoms. The van der Waals surface area contributed by atoms with Gasteiger partial charge in [-0.1, -0.05) is 30.3 Å². The second-order valence-electron chi connectivity index (χ2n) is 15.9. The van der Waals surface area contributed by atoms with E-state index in [4.69, 9.17) is 22.2 Å². The number of hydrogen-bond acceptors (Lipinski definition) is 10. The van der Waals surface area contributed by atoms with Crippen LogP contribution in [0.15, 0.2) is 67.0 Å². The average molecular weight is 1670 g/mol. The van der Waals surface area contributed by atoms with Gasteiger partial charge in [-0.2, -0.15) is 0 Å². The molecule has 21 heteroatoms. The van der Waals surface area contributed by atoms with Crippen molar-refractivity contribution in [1.29, 1.82) is 0 Å². The summed E-state index contributed by atoms with van der Waals surface area (Å²) in [6, 6.07) is 18.3. The van der Waals surface area contributed by atoms with E-state index < -0.39 is 12.0 Å². The fraction of sp³-hybridized carbons (Fsp3) is 0.500. The number of urea groups is 1. The number of rotatable bonds is 17. The third-order valence-corrected chi connectivity index (χ3v) is 11.0. The number of pyridine rings is 3. The number of nitrogens with two attached hydrogens (primary N) is 3. The third kappa shape index (κ3) is 25.8. The first-order valence-electron chi connectivity index (χ1n) is 22.4. The molecule has 3 aliphatic rings. The average Bonchev–Trinajstić information content (AvgIpc) is 3.68. The number of aryl methyl sites for hydroxylation is 7. The number of carbonyl (C=O) groups excluding carboxylic acids is 1. The zero-order valence-electron chi connectivity index (χ0n) is 38.2. The molecule has 4 aromatic rings. The van der Waals surface area contributed by atoms with Crippen LogP contribution in [0.2, 0.25) is 0 Å². The molecule has 2 amide bonds. The van der Waals surface area contributed by atoms with Gasteiger partial charge in [0.1, 0.15) is 5.82 Å². The number of nitrogens with one attached hydrogen (secondary N) is 2.